The topological polar surface area (TPSA) is 142 Å². The second-order valence-corrected chi connectivity index (χ2v) is 5.24. The highest BCUT2D eigenvalue weighted by atomic mass is 16.7. The standard InChI is InChI=1S/C19H16N4O4/c1-3-25-18(24)13-7-5-6-8-15(13)19(26-4-2)16(12(9-20)10-21)14(11-22)17(23)27-19/h5-8H,3-4,23H2,1-2H3. The lowest BCUT2D eigenvalue weighted by molar-refractivity contribution is -0.183. The van der Waals surface area contributed by atoms with Crippen LogP contribution in [-0.4, -0.2) is 19.2 Å². The summed E-state index contributed by atoms with van der Waals surface area (Å²) in [5.74, 6) is -2.84. The van der Waals surface area contributed by atoms with Crippen LogP contribution in [0.1, 0.15) is 29.8 Å². The normalized spacial score (nSPS) is 18.1. The predicted molar refractivity (Wildman–Crippen MR) is 91.9 cm³/mol. The second kappa shape index (κ2) is 8.05. The Hall–Kier alpha value is -3.80. The zero-order chi connectivity index (χ0) is 20.0. The van der Waals surface area contributed by atoms with Crippen LogP contribution in [0.5, 0.6) is 0 Å². The minimum Gasteiger partial charge on any atom is -0.462 e. The van der Waals surface area contributed by atoms with E-state index in [0.29, 0.717) is 0 Å². The van der Waals surface area contributed by atoms with Gasteiger partial charge in [0.2, 0.25) is 5.88 Å². The molecule has 27 heavy (non-hydrogen) atoms. The van der Waals surface area contributed by atoms with E-state index in [1.807, 2.05) is 6.07 Å². The van der Waals surface area contributed by atoms with Gasteiger partial charge < -0.3 is 19.9 Å². The van der Waals surface area contributed by atoms with Crippen molar-refractivity contribution in [3.63, 3.8) is 0 Å². The van der Waals surface area contributed by atoms with Crippen molar-refractivity contribution in [2.24, 2.45) is 5.73 Å². The van der Waals surface area contributed by atoms with Crippen molar-refractivity contribution in [2.75, 3.05) is 13.2 Å². The minimum absolute atomic E-state index is 0.0801. The maximum atomic E-state index is 12.4. The van der Waals surface area contributed by atoms with Crippen LogP contribution < -0.4 is 5.73 Å². The summed E-state index contributed by atoms with van der Waals surface area (Å²) < 4.78 is 16.5. The molecule has 0 fully saturated rings. The summed E-state index contributed by atoms with van der Waals surface area (Å²) in [6.07, 6.45) is 0. The van der Waals surface area contributed by atoms with E-state index in [2.05, 4.69) is 0 Å². The molecule has 1 atom stereocenters. The lowest BCUT2D eigenvalue weighted by Crippen LogP contribution is -2.35. The van der Waals surface area contributed by atoms with E-state index in [0.717, 1.165) is 0 Å². The van der Waals surface area contributed by atoms with E-state index in [4.69, 9.17) is 19.9 Å². The first-order chi connectivity index (χ1) is 13.0. The van der Waals surface area contributed by atoms with Gasteiger partial charge in [0.25, 0.3) is 5.79 Å². The first kappa shape index (κ1) is 19.5. The van der Waals surface area contributed by atoms with Crippen LogP contribution in [0.2, 0.25) is 0 Å². The number of benzene rings is 1. The molecule has 0 radical (unpaired) electrons. The van der Waals surface area contributed by atoms with Crippen LogP contribution in [0, 0.1) is 34.0 Å². The van der Waals surface area contributed by atoms with Crippen molar-refractivity contribution in [3.8, 4) is 18.2 Å². The van der Waals surface area contributed by atoms with E-state index in [-0.39, 0.29) is 41.4 Å². The number of hydrogen-bond donors (Lipinski definition) is 1. The van der Waals surface area contributed by atoms with Gasteiger partial charge in [-0.05, 0) is 19.9 Å². The van der Waals surface area contributed by atoms with Gasteiger partial charge in [-0.15, -0.1) is 0 Å². The monoisotopic (exact) mass is 364 g/mol. The molecule has 0 spiro atoms. The Balaban J connectivity index is 2.88. The zero-order valence-corrected chi connectivity index (χ0v) is 14.8. The Labute approximate surface area is 156 Å². The number of nitrogens with two attached hydrogens (primary N) is 1. The predicted octanol–water partition coefficient (Wildman–Crippen LogP) is 2.12. The molecule has 1 aromatic rings. The molecule has 1 aliphatic heterocycles. The number of carbonyl (C=O) groups excluding carboxylic acids is 1. The summed E-state index contributed by atoms with van der Waals surface area (Å²) >= 11 is 0. The van der Waals surface area contributed by atoms with Crippen LogP contribution in [0.4, 0.5) is 0 Å². The van der Waals surface area contributed by atoms with Crippen LogP contribution in [0.3, 0.4) is 0 Å². The number of rotatable bonds is 5. The van der Waals surface area contributed by atoms with Crippen LogP contribution >= 0.6 is 0 Å². The largest absolute Gasteiger partial charge is 0.462 e. The van der Waals surface area contributed by atoms with Crippen molar-refractivity contribution in [1.82, 2.24) is 0 Å². The lowest BCUT2D eigenvalue weighted by Gasteiger charge is -2.32. The molecule has 0 amide bonds. The Morgan fingerprint density at radius 1 is 1.19 bits per heavy atom. The Morgan fingerprint density at radius 3 is 2.41 bits per heavy atom. The summed E-state index contributed by atoms with van der Waals surface area (Å²) in [4.78, 5) is 12.4. The van der Waals surface area contributed by atoms with Gasteiger partial charge in [-0.25, -0.2) is 4.79 Å². The quantitative estimate of drug-likeness (QED) is 0.618. The molecule has 1 aliphatic rings. The number of hydrogen-bond acceptors (Lipinski definition) is 8. The fourth-order valence-corrected chi connectivity index (χ4v) is 2.81. The van der Waals surface area contributed by atoms with Gasteiger partial charge in [0.05, 0.1) is 17.7 Å². The fourth-order valence-electron chi connectivity index (χ4n) is 2.81. The molecule has 2 N–H and O–H groups in total. The molecule has 1 heterocycles. The highest BCUT2D eigenvalue weighted by Crippen LogP contribution is 2.48. The summed E-state index contributed by atoms with van der Waals surface area (Å²) in [5, 5.41) is 28.3. The molecule has 8 heteroatoms. The highest BCUT2D eigenvalue weighted by molar-refractivity contribution is 5.92. The molecule has 1 unspecified atom stereocenters. The first-order valence-electron chi connectivity index (χ1n) is 8.05. The van der Waals surface area contributed by atoms with Crippen molar-refractivity contribution in [1.29, 1.82) is 15.8 Å². The van der Waals surface area contributed by atoms with Crippen molar-refractivity contribution in [2.45, 2.75) is 19.6 Å². The molecular formula is C19H16N4O4. The summed E-state index contributed by atoms with van der Waals surface area (Å²) in [6, 6.07) is 11.6. The van der Waals surface area contributed by atoms with E-state index < -0.39 is 17.3 Å². The van der Waals surface area contributed by atoms with Gasteiger partial charge in [0.1, 0.15) is 29.4 Å². The summed E-state index contributed by atoms with van der Waals surface area (Å²) in [6.45, 7) is 3.54. The minimum atomic E-state index is -1.89. The van der Waals surface area contributed by atoms with Gasteiger partial charge in [-0.1, -0.05) is 18.2 Å². The molecule has 0 saturated carbocycles. The lowest BCUT2D eigenvalue weighted by atomic mass is 9.87. The number of carbonyl (C=O) groups is 1. The number of allylic oxidation sites excluding steroid dienone is 1. The summed E-state index contributed by atoms with van der Waals surface area (Å²) in [5.41, 5.74) is 5.39. The van der Waals surface area contributed by atoms with Crippen molar-refractivity contribution >= 4 is 5.97 Å². The molecule has 0 bridgehead atoms. The highest BCUT2D eigenvalue weighted by Gasteiger charge is 2.52. The van der Waals surface area contributed by atoms with Crippen molar-refractivity contribution < 1.29 is 19.0 Å². The van der Waals surface area contributed by atoms with Gasteiger partial charge in [0.15, 0.2) is 0 Å². The molecule has 1 aromatic carbocycles. The third-order valence-corrected chi connectivity index (χ3v) is 3.79. The number of nitriles is 3. The zero-order valence-electron chi connectivity index (χ0n) is 14.8. The molecule has 2 rings (SSSR count). The van der Waals surface area contributed by atoms with Gasteiger partial charge in [0, 0.05) is 12.2 Å². The fraction of sp³-hybridized carbons (Fsp3) is 0.263. The Morgan fingerprint density at radius 2 is 1.85 bits per heavy atom. The van der Waals surface area contributed by atoms with Gasteiger partial charge in [-0.3, -0.25) is 0 Å². The second-order valence-electron chi connectivity index (χ2n) is 5.24. The Kier molecular flexibility index (Phi) is 5.82. The van der Waals surface area contributed by atoms with E-state index >= 15 is 0 Å². The van der Waals surface area contributed by atoms with Gasteiger partial charge >= 0.3 is 5.97 Å². The Bertz CT molecular complexity index is 943. The third-order valence-electron chi connectivity index (χ3n) is 3.79. The third kappa shape index (κ3) is 3.20. The van der Waals surface area contributed by atoms with E-state index in [1.165, 1.54) is 12.1 Å². The van der Waals surface area contributed by atoms with Gasteiger partial charge in [-0.2, -0.15) is 15.8 Å². The summed E-state index contributed by atoms with van der Waals surface area (Å²) in [7, 11) is 0. The van der Waals surface area contributed by atoms with Crippen LogP contribution in [0.25, 0.3) is 0 Å². The average molecular weight is 364 g/mol. The van der Waals surface area contributed by atoms with Crippen LogP contribution in [-0.2, 0) is 20.0 Å². The SMILES string of the molecule is CCOC(=O)c1ccccc1C1(OCC)OC(N)=C(C#N)C1=C(C#N)C#N. The smallest absolute Gasteiger partial charge is 0.338 e. The molecule has 0 saturated heterocycles. The molecular weight excluding hydrogens is 348 g/mol. The molecule has 0 aromatic heterocycles. The molecule has 0 aliphatic carbocycles. The first-order valence-corrected chi connectivity index (χ1v) is 8.05. The maximum absolute atomic E-state index is 12.4. The number of ether oxygens (including phenoxy) is 3. The average Bonchev–Trinajstić information content (AvgIpc) is 2.95. The van der Waals surface area contributed by atoms with Crippen molar-refractivity contribution in [3.05, 3.63) is 58.0 Å². The number of nitrogens with zero attached hydrogens (tertiary/aromatic N) is 3. The van der Waals surface area contributed by atoms with E-state index in [1.54, 1.807) is 38.1 Å². The molecule has 8 nitrogen and oxygen atoms in total. The molecule has 136 valence electrons. The maximum Gasteiger partial charge on any atom is 0.338 e. The number of esters is 1. The van der Waals surface area contributed by atoms with Crippen LogP contribution in [0.15, 0.2) is 46.9 Å². The van der Waals surface area contributed by atoms with E-state index in [9.17, 15) is 20.6 Å².